The van der Waals surface area contributed by atoms with Crippen molar-refractivity contribution in [3.63, 3.8) is 0 Å². The largest absolute Gasteiger partial charge is 0.464 e. The van der Waals surface area contributed by atoms with Gasteiger partial charge in [0.05, 0.1) is 6.61 Å². The minimum absolute atomic E-state index is 0.117. The van der Waals surface area contributed by atoms with Gasteiger partial charge in [-0.25, -0.2) is 4.79 Å². The molecular formula is C24H45NO3. The highest BCUT2D eigenvalue weighted by molar-refractivity contribution is 5.85. The summed E-state index contributed by atoms with van der Waals surface area (Å²) in [4.78, 5) is 26.3. The number of hydrogen-bond acceptors (Lipinski definition) is 3. The van der Waals surface area contributed by atoms with Crippen LogP contribution >= 0.6 is 0 Å². The maximum atomic E-state index is 12.3. The molecule has 1 unspecified atom stereocenters. The van der Waals surface area contributed by atoms with E-state index in [0.717, 1.165) is 38.5 Å². The van der Waals surface area contributed by atoms with Gasteiger partial charge in [-0.15, -0.1) is 0 Å². The lowest BCUT2D eigenvalue weighted by atomic mass is 10.1. The topological polar surface area (TPSA) is 46.6 Å². The minimum atomic E-state index is -0.332. The molecule has 0 aromatic rings. The fraction of sp³-hybridized carbons (Fsp3) is 0.917. The number of unbranched alkanes of at least 4 members (excludes halogenated alkanes) is 12. The second-order valence-corrected chi connectivity index (χ2v) is 8.41. The van der Waals surface area contributed by atoms with Gasteiger partial charge in [0.1, 0.15) is 6.04 Å². The molecule has 28 heavy (non-hydrogen) atoms. The van der Waals surface area contributed by atoms with Crippen LogP contribution in [-0.4, -0.2) is 36.0 Å². The third kappa shape index (κ3) is 11.1. The Balaban J connectivity index is 1.98. The van der Waals surface area contributed by atoms with Crippen molar-refractivity contribution >= 4 is 11.9 Å². The summed E-state index contributed by atoms with van der Waals surface area (Å²) in [7, 11) is 0. The van der Waals surface area contributed by atoms with Gasteiger partial charge < -0.3 is 9.64 Å². The van der Waals surface area contributed by atoms with Crippen LogP contribution in [0.3, 0.4) is 0 Å². The molecule has 0 aromatic carbocycles. The van der Waals surface area contributed by atoms with Crippen LogP contribution in [-0.2, 0) is 14.3 Å². The SMILES string of the molecule is CCCCCCCCCCCCCCOC(=O)C1CCCN1C(=O)CCCC. The first-order valence-electron chi connectivity index (χ1n) is 12.2. The van der Waals surface area contributed by atoms with E-state index in [0.29, 0.717) is 19.6 Å². The van der Waals surface area contributed by atoms with Gasteiger partial charge in [-0.1, -0.05) is 90.9 Å². The smallest absolute Gasteiger partial charge is 0.328 e. The lowest BCUT2D eigenvalue weighted by Crippen LogP contribution is -2.41. The van der Waals surface area contributed by atoms with Gasteiger partial charge in [-0.05, 0) is 25.7 Å². The summed E-state index contributed by atoms with van der Waals surface area (Å²) in [5.74, 6) is -0.0721. The molecule has 4 heteroatoms. The number of ether oxygens (including phenoxy) is 1. The zero-order valence-corrected chi connectivity index (χ0v) is 18.7. The van der Waals surface area contributed by atoms with Gasteiger partial charge in [-0.3, -0.25) is 4.79 Å². The number of carbonyl (C=O) groups is 2. The van der Waals surface area contributed by atoms with Gasteiger partial charge in [0.25, 0.3) is 0 Å². The quantitative estimate of drug-likeness (QED) is 0.211. The predicted octanol–water partition coefficient (Wildman–Crippen LogP) is 6.41. The predicted molar refractivity (Wildman–Crippen MR) is 116 cm³/mol. The highest BCUT2D eigenvalue weighted by Gasteiger charge is 2.34. The first-order chi connectivity index (χ1) is 13.7. The lowest BCUT2D eigenvalue weighted by molar-refractivity contribution is -0.153. The Morgan fingerprint density at radius 2 is 1.32 bits per heavy atom. The van der Waals surface area contributed by atoms with Crippen LogP contribution in [0.5, 0.6) is 0 Å². The summed E-state index contributed by atoms with van der Waals surface area (Å²) in [6, 6.07) is -0.332. The molecule has 1 heterocycles. The molecule has 1 fully saturated rings. The Bertz CT molecular complexity index is 411. The Hall–Kier alpha value is -1.06. The maximum Gasteiger partial charge on any atom is 0.328 e. The van der Waals surface area contributed by atoms with Crippen LogP contribution in [0.25, 0.3) is 0 Å². The molecule has 1 atom stereocenters. The second kappa shape index (κ2) is 16.9. The molecule has 1 aliphatic rings. The van der Waals surface area contributed by atoms with Crippen molar-refractivity contribution in [2.75, 3.05) is 13.2 Å². The molecule has 1 aliphatic heterocycles. The fourth-order valence-corrected chi connectivity index (χ4v) is 3.99. The van der Waals surface area contributed by atoms with Gasteiger partial charge in [0.2, 0.25) is 5.91 Å². The molecule has 164 valence electrons. The number of esters is 1. The fourth-order valence-electron chi connectivity index (χ4n) is 3.99. The summed E-state index contributed by atoms with van der Waals surface area (Å²) >= 11 is 0. The zero-order chi connectivity index (χ0) is 20.5. The molecule has 1 saturated heterocycles. The third-order valence-electron chi connectivity index (χ3n) is 5.83. The highest BCUT2D eigenvalue weighted by atomic mass is 16.5. The van der Waals surface area contributed by atoms with E-state index in [-0.39, 0.29) is 17.9 Å². The van der Waals surface area contributed by atoms with E-state index in [4.69, 9.17) is 4.74 Å². The van der Waals surface area contributed by atoms with Gasteiger partial charge in [0, 0.05) is 13.0 Å². The molecule has 0 aromatic heterocycles. The van der Waals surface area contributed by atoms with Crippen LogP contribution in [0.2, 0.25) is 0 Å². The van der Waals surface area contributed by atoms with E-state index in [9.17, 15) is 9.59 Å². The van der Waals surface area contributed by atoms with E-state index in [1.165, 1.54) is 64.2 Å². The maximum absolute atomic E-state index is 12.3. The molecular weight excluding hydrogens is 350 g/mol. The summed E-state index contributed by atoms with van der Waals surface area (Å²) < 4.78 is 5.47. The van der Waals surface area contributed by atoms with E-state index in [2.05, 4.69) is 13.8 Å². The number of rotatable bonds is 17. The van der Waals surface area contributed by atoms with Crippen LogP contribution in [0.4, 0.5) is 0 Å². The monoisotopic (exact) mass is 395 g/mol. The number of amides is 1. The average Bonchev–Trinajstić information content (AvgIpc) is 3.19. The van der Waals surface area contributed by atoms with Crippen LogP contribution in [0.1, 0.15) is 123 Å². The molecule has 0 radical (unpaired) electrons. The van der Waals surface area contributed by atoms with Crippen molar-refractivity contribution < 1.29 is 14.3 Å². The van der Waals surface area contributed by atoms with E-state index >= 15 is 0 Å². The van der Waals surface area contributed by atoms with Crippen molar-refractivity contribution in [1.29, 1.82) is 0 Å². The Kier molecular flexibility index (Phi) is 15.0. The Morgan fingerprint density at radius 1 is 0.786 bits per heavy atom. The van der Waals surface area contributed by atoms with Crippen molar-refractivity contribution in [2.45, 2.75) is 129 Å². The average molecular weight is 396 g/mol. The molecule has 0 bridgehead atoms. The standard InChI is InChI=1S/C24H45NO3/c1-3-5-7-8-9-10-11-12-13-14-15-16-21-28-24(27)22-18-17-20-25(22)23(26)19-6-4-2/h22H,3-21H2,1-2H3. The number of hydrogen-bond donors (Lipinski definition) is 0. The third-order valence-corrected chi connectivity index (χ3v) is 5.83. The summed E-state index contributed by atoms with van der Waals surface area (Å²) in [6.45, 7) is 5.56. The normalized spacial score (nSPS) is 16.5. The van der Waals surface area contributed by atoms with Gasteiger partial charge >= 0.3 is 5.97 Å². The summed E-state index contributed by atoms with van der Waals surface area (Å²) in [5, 5.41) is 0. The molecule has 1 amide bonds. The molecule has 0 spiro atoms. The van der Waals surface area contributed by atoms with Crippen LogP contribution < -0.4 is 0 Å². The molecule has 0 N–H and O–H groups in total. The van der Waals surface area contributed by atoms with E-state index in [1.807, 2.05) is 0 Å². The number of carbonyl (C=O) groups excluding carboxylic acids is 2. The number of nitrogens with zero attached hydrogens (tertiary/aromatic N) is 1. The van der Waals surface area contributed by atoms with Gasteiger partial charge in [-0.2, -0.15) is 0 Å². The molecule has 0 saturated carbocycles. The highest BCUT2D eigenvalue weighted by Crippen LogP contribution is 2.20. The zero-order valence-electron chi connectivity index (χ0n) is 18.7. The summed E-state index contributed by atoms with van der Waals surface area (Å²) in [6.07, 6.45) is 19.7. The number of likely N-dealkylation sites (tertiary alicyclic amines) is 1. The van der Waals surface area contributed by atoms with Crippen molar-refractivity contribution in [2.24, 2.45) is 0 Å². The summed E-state index contributed by atoms with van der Waals surface area (Å²) in [5.41, 5.74) is 0. The van der Waals surface area contributed by atoms with E-state index < -0.39 is 0 Å². The lowest BCUT2D eigenvalue weighted by Gasteiger charge is -2.23. The second-order valence-electron chi connectivity index (χ2n) is 8.41. The van der Waals surface area contributed by atoms with E-state index in [1.54, 1.807) is 4.90 Å². The Labute approximate surface area is 173 Å². The minimum Gasteiger partial charge on any atom is -0.464 e. The molecule has 0 aliphatic carbocycles. The Morgan fingerprint density at radius 3 is 1.89 bits per heavy atom. The van der Waals surface area contributed by atoms with Crippen molar-refractivity contribution in [1.82, 2.24) is 4.90 Å². The van der Waals surface area contributed by atoms with Gasteiger partial charge in [0.15, 0.2) is 0 Å². The first kappa shape index (κ1) is 25.0. The molecule has 4 nitrogen and oxygen atoms in total. The first-order valence-corrected chi connectivity index (χ1v) is 12.2. The van der Waals surface area contributed by atoms with Crippen LogP contribution in [0.15, 0.2) is 0 Å². The molecule has 1 rings (SSSR count). The van der Waals surface area contributed by atoms with Crippen molar-refractivity contribution in [3.05, 3.63) is 0 Å². The van der Waals surface area contributed by atoms with Crippen molar-refractivity contribution in [3.8, 4) is 0 Å². The van der Waals surface area contributed by atoms with Crippen LogP contribution in [0, 0.1) is 0 Å².